The van der Waals surface area contributed by atoms with Crippen LogP contribution in [0.4, 0.5) is 5.69 Å². The van der Waals surface area contributed by atoms with Gasteiger partial charge in [0.05, 0.1) is 18.3 Å². The molecule has 0 aliphatic heterocycles. The van der Waals surface area contributed by atoms with Crippen molar-refractivity contribution in [1.29, 1.82) is 0 Å². The quantitative estimate of drug-likeness (QED) is 0.718. The summed E-state index contributed by atoms with van der Waals surface area (Å²) in [6.07, 6.45) is 0. The van der Waals surface area contributed by atoms with E-state index in [1.54, 1.807) is 19.2 Å². The zero-order chi connectivity index (χ0) is 14.8. The van der Waals surface area contributed by atoms with Crippen LogP contribution in [0, 0.1) is 0 Å². The number of aromatic nitrogens is 1. The number of anilines is 1. The molecule has 0 bridgehead atoms. The van der Waals surface area contributed by atoms with Gasteiger partial charge in [-0.1, -0.05) is 12.1 Å². The molecule has 3 N–H and O–H groups in total. The van der Waals surface area contributed by atoms with E-state index in [4.69, 9.17) is 19.6 Å². The van der Waals surface area contributed by atoms with Gasteiger partial charge in [0, 0.05) is 12.1 Å². The fourth-order valence-corrected chi connectivity index (χ4v) is 2.00. The molecule has 0 saturated carbocycles. The molecule has 6 nitrogen and oxygen atoms in total. The standard InChI is InChI=1S/C15H14N2O4/c1-19-10-4-2-9(3-5-10)8-20-13-7-12-14(6-11(13)16)21-15(18)17-12/h2-7H,8,16H2,1H3,(H,17,18). The van der Waals surface area contributed by atoms with Gasteiger partial charge in [-0.2, -0.15) is 0 Å². The van der Waals surface area contributed by atoms with E-state index in [0.717, 1.165) is 11.3 Å². The molecule has 0 spiro atoms. The number of nitrogens with one attached hydrogen (secondary N) is 1. The summed E-state index contributed by atoms with van der Waals surface area (Å²) in [6, 6.07) is 10.8. The Morgan fingerprint density at radius 1 is 1.24 bits per heavy atom. The molecule has 1 aromatic heterocycles. The van der Waals surface area contributed by atoms with Gasteiger partial charge in [0.1, 0.15) is 18.1 Å². The predicted octanol–water partition coefficient (Wildman–Crippen LogP) is 2.29. The second-order valence-corrected chi connectivity index (χ2v) is 4.54. The van der Waals surface area contributed by atoms with Gasteiger partial charge in [0.2, 0.25) is 0 Å². The summed E-state index contributed by atoms with van der Waals surface area (Å²) in [5.74, 6) is 0.766. The van der Waals surface area contributed by atoms with Gasteiger partial charge < -0.3 is 19.6 Å². The van der Waals surface area contributed by atoms with E-state index >= 15 is 0 Å². The van der Waals surface area contributed by atoms with Crippen LogP contribution in [0.15, 0.2) is 45.6 Å². The second-order valence-electron chi connectivity index (χ2n) is 4.54. The van der Waals surface area contributed by atoms with Crippen LogP contribution in [0.2, 0.25) is 0 Å². The van der Waals surface area contributed by atoms with Crippen molar-refractivity contribution in [3.8, 4) is 11.5 Å². The normalized spacial score (nSPS) is 10.7. The Morgan fingerprint density at radius 2 is 2.00 bits per heavy atom. The number of aromatic amines is 1. The predicted molar refractivity (Wildman–Crippen MR) is 78.6 cm³/mol. The molecule has 3 rings (SSSR count). The van der Waals surface area contributed by atoms with E-state index in [9.17, 15) is 4.79 Å². The topological polar surface area (TPSA) is 90.5 Å². The Balaban J connectivity index is 1.80. The van der Waals surface area contributed by atoms with Crippen molar-refractivity contribution in [3.63, 3.8) is 0 Å². The fourth-order valence-electron chi connectivity index (χ4n) is 2.00. The minimum atomic E-state index is -0.517. The third kappa shape index (κ3) is 2.69. The van der Waals surface area contributed by atoms with Crippen molar-refractivity contribution in [2.24, 2.45) is 0 Å². The number of fused-ring (bicyclic) bond motifs is 1. The molecule has 0 saturated heterocycles. The minimum Gasteiger partial charge on any atom is -0.497 e. The number of rotatable bonds is 4. The van der Waals surface area contributed by atoms with E-state index in [1.165, 1.54) is 0 Å². The van der Waals surface area contributed by atoms with Crippen LogP contribution in [0.25, 0.3) is 11.1 Å². The van der Waals surface area contributed by atoms with Crippen molar-refractivity contribution < 1.29 is 13.9 Å². The van der Waals surface area contributed by atoms with Crippen molar-refractivity contribution in [1.82, 2.24) is 4.98 Å². The second kappa shape index (κ2) is 5.24. The van der Waals surface area contributed by atoms with Gasteiger partial charge in [-0.05, 0) is 17.7 Å². The summed E-state index contributed by atoms with van der Waals surface area (Å²) in [7, 11) is 1.62. The maximum Gasteiger partial charge on any atom is 0.417 e. The highest BCUT2D eigenvalue weighted by Crippen LogP contribution is 2.27. The van der Waals surface area contributed by atoms with Gasteiger partial charge in [-0.3, -0.25) is 4.98 Å². The van der Waals surface area contributed by atoms with Crippen LogP contribution in [0.3, 0.4) is 0 Å². The van der Waals surface area contributed by atoms with Gasteiger partial charge in [-0.25, -0.2) is 4.79 Å². The molecule has 6 heteroatoms. The van der Waals surface area contributed by atoms with Gasteiger partial charge in [-0.15, -0.1) is 0 Å². The molecule has 0 fully saturated rings. The maximum absolute atomic E-state index is 11.1. The molecular weight excluding hydrogens is 272 g/mol. The zero-order valence-electron chi connectivity index (χ0n) is 11.4. The van der Waals surface area contributed by atoms with E-state index in [2.05, 4.69) is 4.98 Å². The molecule has 0 aliphatic carbocycles. The lowest BCUT2D eigenvalue weighted by molar-refractivity contribution is 0.308. The largest absolute Gasteiger partial charge is 0.497 e. The molecule has 1 heterocycles. The Hall–Kier alpha value is -2.89. The van der Waals surface area contributed by atoms with E-state index in [0.29, 0.717) is 29.1 Å². The first-order chi connectivity index (χ1) is 10.2. The van der Waals surface area contributed by atoms with E-state index < -0.39 is 5.76 Å². The number of nitrogen functional groups attached to an aromatic ring is 1. The van der Waals surface area contributed by atoms with Crippen LogP contribution in [0.1, 0.15) is 5.56 Å². The summed E-state index contributed by atoms with van der Waals surface area (Å²) in [6.45, 7) is 0.363. The smallest absolute Gasteiger partial charge is 0.417 e. The Kier molecular flexibility index (Phi) is 3.27. The molecule has 0 unspecified atom stereocenters. The van der Waals surface area contributed by atoms with Crippen molar-refractivity contribution in [2.75, 3.05) is 12.8 Å². The van der Waals surface area contributed by atoms with Crippen molar-refractivity contribution in [3.05, 3.63) is 52.5 Å². The highest BCUT2D eigenvalue weighted by molar-refractivity contribution is 5.80. The summed E-state index contributed by atoms with van der Waals surface area (Å²) >= 11 is 0. The van der Waals surface area contributed by atoms with Crippen LogP contribution in [-0.2, 0) is 6.61 Å². The monoisotopic (exact) mass is 286 g/mol. The summed E-state index contributed by atoms with van der Waals surface area (Å²) < 4.78 is 15.7. The summed E-state index contributed by atoms with van der Waals surface area (Å²) in [5.41, 5.74) is 8.25. The molecular formula is C15H14N2O4. The maximum atomic E-state index is 11.1. The highest BCUT2D eigenvalue weighted by atomic mass is 16.5. The van der Waals surface area contributed by atoms with Crippen molar-refractivity contribution in [2.45, 2.75) is 6.61 Å². The molecule has 3 aromatic rings. The SMILES string of the molecule is COc1ccc(COc2cc3[nH]c(=O)oc3cc2N)cc1. The van der Waals surface area contributed by atoms with Crippen LogP contribution in [0.5, 0.6) is 11.5 Å². The molecule has 2 aromatic carbocycles. The Bertz CT molecular complexity index is 818. The lowest BCUT2D eigenvalue weighted by atomic mass is 10.2. The van der Waals surface area contributed by atoms with Crippen LogP contribution in [-0.4, -0.2) is 12.1 Å². The molecule has 108 valence electrons. The number of hydrogen-bond donors (Lipinski definition) is 2. The average Bonchev–Trinajstić information content (AvgIpc) is 2.84. The molecule has 0 atom stereocenters. The van der Waals surface area contributed by atoms with Crippen LogP contribution >= 0.6 is 0 Å². The zero-order valence-corrected chi connectivity index (χ0v) is 11.4. The minimum absolute atomic E-state index is 0.363. The summed E-state index contributed by atoms with van der Waals surface area (Å²) in [4.78, 5) is 13.7. The number of nitrogens with two attached hydrogens (primary N) is 1. The van der Waals surface area contributed by atoms with Crippen LogP contribution < -0.4 is 21.0 Å². The average molecular weight is 286 g/mol. The Morgan fingerprint density at radius 3 is 2.71 bits per heavy atom. The van der Waals surface area contributed by atoms with E-state index in [-0.39, 0.29) is 0 Å². The first-order valence-corrected chi connectivity index (χ1v) is 6.34. The number of H-pyrrole nitrogens is 1. The number of methoxy groups -OCH3 is 1. The number of ether oxygens (including phenoxy) is 2. The van der Waals surface area contributed by atoms with Gasteiger partial charge >= 0.3 is 5.76 Å². The molecule has 0 radical (unpaired) electrons. The van der Waals surface area contributed by atoms with Gasteiger partial charge in [0.15, 0.2) is 5.58 Å². The molecule has 21 heavy (non-hydrogen) atoms. The molecule has 0 aliphatic rings. The van der Waals surface area contributed by atoms with E-state index in [1.807, 2.05) is 24.3 Å². The lowest BCUT2D eigenvalue weighted by Gasteiger charge is -2.09. The Labute approximate surface area is 120 Å². The number of hydrogen-bond acceptors (Lipinski definition) is 5. The van der Waals surface area contributed by atoms with Gasteiger partial charge in [0.25, 0.3) is 0 Å². The number of oxazole rings is 1. The fraction of sp³-hybridized carbons (Fsp3) is 0.133. The summed E-state index contributed by atoms with van der Waals surface area (Å²) in [5, 5.41) is 0. The van der Waals surface area contributed by atoms with Crippen molar-refractivity contribution >= 4 is 16.8 Å². The third-order valence-corrected chi connectivity index (χ3v) is 3.10. The molecule has 0 amide bonds. The highest BCUT2D eigenvalue weighted by Gasteiger charge is 2.08. The first kappa shape index (κ1) is 13.1. The third-order valence-electron chi connectivity index (χ3n) is 3.10. The number of benzene rings is 2. The first-order valence-electron chi connectivity index (χ1n) is 6.34. The lowest BCUT2D eigenvalue weighted by Crippen LogP contribution is -1.99.